The Bertz CT molecular complexity index is 453. The van der Waals surface area contributed by atoms with E-state index in [0.717, 1.165) is 17.8 Å². The molecule has 0 heterocycles. The number of hydrogen-bond donors (Lipinski definition) is 2. The molecule has 0 aliphatic heterocycles. The van der Waals surface area contributed by atoms with E-state index in [4.69, 9.17) is 5.26 Å². The van der Waals surface area contributed by atoms with E-state index in [1.165, 1.54) is 0 Å². The first-order chi connectivity index (χ1) is 9.01. The molecule has 0 amide bonds. The van der Waals surface area contributed by atoms with E-state index in [-0.39, 0.29) is 12.1 Å². The molecule has 2 N–H and O–H groups in total. The lowest BCUT2D eigenvalue weighted by atomic mass is 10.1. The van der Waals surface area contributed by atoms with Gasteiger partial charge in [0, 0.05) is 36.4 Å². The van der Waals surface area contributed by atoms with Gasteiger partial charge in [-0.25, -0.2) is 0 Å². The predicted molar refractivity (Wildman–Crippen MR) is 78.3 cm³/mol. The fourth-order valence-electron chi connectivity index (χ4n) is 2.06. The van der Waals surface area contributed by atoms with E-state index in [1.807, 2.05) is 44.9 Å². The minimum absolute atomic E-state index is 0.126. The molecule has 1 rings (SSSR count). The van der Waals surface area contributed by atoms with E-state index in [0.29, 0.717) is 12.2 Å². The molecule has 0 saturated heterocycles. The van der Waals surface area contributed by atoms with Crippen molar-refractivity contribution in [3.63, 3.8) is 0 Å². The molecule has 0 aliphatic carbocycles. The number of phenolic OH excluding ortho intramolecular Hbond substituents is 1. The van der Waals surface area contributed by atoms with Crippen LogP contribution < -0.4 is 10.2 Å². The summed E-state index contributed by atoms with van der Waals surface area (Å²) in [5, 5.41) is 22.1. The fraction of sp³-hybridized carbons (Fsp3) is 0.533. The van der Waals surface area contributed by atoms with Gasteiger partial charge in [0.15, 0.2) is 0 Å². The van der Waals surface area contributed by atoms with Crippen molar-refractivity contribution in [1.29, 1.82) is 5.26 Å². The molecular weight excluding hydrogens is 238 g/mol. The topological polar surface area (TPSA) is 59.3 Å². The van der Waals surface area contributed by atoms with Crippen LogP contribution in [0.25, 0.3) is 0 Å². The Morgan fingerprint density at radius 3 is 2.63 bits per heavy atom. The number of hydrogen-bond acceptors (Lipinski definition) is 4. The van der Waals surface area contributed by atoms with Gasteiger partial charge in [-0.15, -0.1) is 0 Å². The van der Waals surface area contributed by atoms with Crippen LogP contribution in [-0.2, 0) is 0 Å². The molecule has 0 aromatic heterocycles. The zero-order chi connectivity index (χ0) is 14.4. The lowest BCUT2D eigenvalue weighted by Crippen LogP contribution is -2.28. The average Bonchev–Trinajstić information content (AvgIpc) is 2.38. The maximum atomic E-state index is 10.1. The monoisotopic (exact) mass is 261 g/mol. The third-order valence-electron chi connectivity index (χ3n) is 3.45. The summed E-state index contributed by atoms with van der Waals surface area (Å²) in [6.07, 6.45) is 0.465. The van der Waals surface area contributed by atoms with E-state index in [2.05, 4.69) is 11.4 Å². The second-order valence-corrected chi connectivity index (χ2v) is 4.84. The number of anilines is 1. The normalized spacial score (nSPS) is 13.6. The zero-order valence-electron chi connectivity index (χ0n) is 12.1. The Morgan fingerprint density at radius 1 is 1.42 bits per heavy atom. The van der Waals surface area contributed by atoms with Crippen molar-refractivity contribution in [3.05, 3.63) is 23.8 Å². The van der Waals surface area contributed by atoms with Crippen molar-refractivity contribution < 1.29 is 5.11 Å². The summed E-state index contributed by atoms with van der Waals surface area (Å²) in [5.41, 5.74) is 1.82. The van der Waals surface area contributed by atoms with Crippen molar-refractivity contribution in [3.8, 4) is 11.8 Å². The number of nitrogens with one attached hydrogen (secondary N) is 1. The molecule has 4 nitrogen and oxygen atoms in total. The molecule has 0 aliphatic rings. The Balaban J connectivity index is 2.90. The number of benzene rings is 1. The van der Waals surface area contributed by atoms with Gasteiger partial charge >= 0.3 is 0 Å². The van der Waals surface area contributed by atoms with Crippen LogP contribution in [0.3, 0.4) is 0 Å². The smallest absolute Gasteiger partial charge is 0.122 e. The first kappa shape index (κ1) is 15.3. The Kier molecular flexibility index (Phi) is 5.65. The van der Waals surface area contributed by atoms with Gasteiger partial charge in [0.25, 0.3) is 0 Å². The highest BCUT2D eigenvalue weighted by molar-refractivity contribution is 5.54. The lowest BCUT2D eigenvalue weighted by Gasteiger charge is -2.26. The van der Waals surface area contributed by atoms with Gasteiger partial charge in [-0.1, -0.05) is 13.0 Å². The van der Waals surface area contributed by atoms with Crippen LogP contribution >= 0.6 is 0 Å². The van der Waals surface area contributed by atoms with E-state index in [1.54, 1.807) is 6.07 Å². The summed E-state index contributed by atoms with van der Waals surface area (Å²) in [7, 11) is 1.93. The standard InChI is InChI=1S/C15H23N3O/c1-5-17-12(3)14-7-6-13(10-15(14)19)18(4)11(2)8-9-16/h6-7,10-12,17,19H,5,8H2,1-4H3. The molecule has 1 aromatic carbocycles. The van der Waals surface area contributed by atoms with E-state index in [9.17, 15) is 5.11 Å². The highest BCUT2D eigenvalue weighted by Crippen LogP contribution is 2.29. The number of aromatic hydroxyl groups is 1. The second kappa shape index (κ2) is 7.01. The predicted octanol–water partition coefficient (Wildman–Crippen LogP) is 2.80. The Labute approximate surface area is 115 Å². The summed E-state index contributed by atoms with van der Waals surface area (Å²) >= 11 is 0. The van der Waals surface area contributed by atoms with Gasteiger partial charge in [-0.05, 0) is 26.5 Å². The molecule has 0 saturated carbocycles. The molecule has 0 radical (unpaired) electrons. The molecule has 0 bridgehead atoms. The molecule has 1 aromatic rings. The van der Waals surface area contributed by atoms with Gasteiger partial charge in [-0.3, -0.25) is 0 Å². The SMILES string of the molecule is CCNC(C)c1ccc(N(C)C(C)CC#N)cc1O. The summed E-state index contributed by atoms with van der Waals surface area (Å²) in [5.74, 6) is 0.293. The summed E-state index contributed by atoms with van der Waals surface area (Å²) in [6.45, 7) is 6.93. The molecule has 0 spiro atoms. The average molecular weight is 261 g/mol. The van der Waals surface area contributed by atoms with E-state index >= 15 is 0 Å². The van der Waals surface area contributed by atoms with Crippen LogP contribution in [0.1, 0.15) is 38.8 Å². The van der Waals surface area contributed by atoms with Crippen molar-refractivity contribution in [2.45, 2.75) is 39.3 Å². The van der Waals surface area contributed by atoms with Gasteiger partial charge in [0.1, 0.15) is 5.75 Å². The second-order valence-electron chi connectivity index (χ2n) is 4.84. The first-order valence-electron chi connectivity index (χ1n) is 6.67. The first-order valence-corrected chi connectivity index (χ1v) is 6.67. The van der Waals surface area contributed by atoms with Crippen molar-refractivity contribution in [2.75, 3.05) is 18.5 Å². The largest absolute Gasteiger partial charge is 0.508 e. The molecule has 0 fully saturated rings. The Morgan fingerprint density at radius 2 is 2.11 bits per heavy atom. The highest BCUT2D eigenvalue weighted by Gasteiger charge is 2.14. The number of phenols is 1. The van der Waals surface area contributed by atoms with Crippen LogP contribution in [0.4, 0.5) is 5.69 Å². The fourth-order valence-corrected chi connectivity index (χ4v) is 2.06. The molecule has 2 atom stereocenters. The quantitative estimate of drug-likeness (QED) is 0.826. The molecule has 104 valence electrons. The van der Waals surface area contributed by atoms with Gasteiger partial charge < -0.3 is 15.3 Å². The van der Waals surface area contributed by atoms with Crippen LogP contribution in [0, 0.1) is 11.3 Å². The van der Waals surface area contributed by atoms with Crippen LogP contribution in [0.5, 0.6) is 5.75 Å². The maximum absolute atomic E-state index is 10.1. The highest BCUT2D eigenvalue weighted by atomic mass is 16.3. The van der Waals surface area contributed by atoms with Crippen LogP contribution in [0.2, 0.25) is 0 Å². The zero-order valence-corrected chi connectivity index (χ0v) is 12.1. The van der Waals surface area contributed by atoms with Crippen molar-refractivity contribution in [1.82, 2.24) is 5.32 Å². The van der Waals surface area contributed by atoms with Crippen LogP contribution in [0.15, 0.2) is 18.2 Å². The summed E-state index contributed by atoms with van der Waals surface area (Å²) in [6, 6.07) is 8.10. The molecule has 19 heavy (non-hydrogen) atoms. The van der Waals surface area contributed by atoms with Gasteiger partial charge in [0.2, 0.25) is 0 Å². The molecule has 4 heteroatoms. The third kappa shape index (κ3) is 3.87. The lowest BCUT2D eigenvalue weighted by molar-refractivity contribution is 0.454. The summed E-state index contributed by atoms with van der Waals surface area (Å²) < 4.78 is 0. The molecule has 2 unspecified atom stereocenters. The Hall–Kier alpha value is -1.73. The molecular formula is C15H23N3O. The van der Waals surface area contributed by atoms with Crippen molar-refractivity contribution in [2.24, 2.45) is 0 Å². The van der Waals surface area contributed by atoms with Gasteiger partial charge in [0.05, 0.1) is 12.5 Å². The minimum Gasteiger partial charge on any atom is -0.508 e. The van der Waals surface area contributed by atoms with Crippen molar-refractivity contribution >= 4 is 5.69 Å². The number of nitrogens with zero attached hydrogens (tertiary/aromatic N) is 2. The van der Waals surface area contributed by atoms with Gasteiger partial charge in [-0.2, -0.15) is 5.26 Å². The number of rotatable bonds is 6. The van der Waals surface area contributed by atoms with E-state index < -0.39 is 0 Å². The maximum Gasteiger partial charge on any atom is 0.122 e. The summed E-state index contributed by atoms with van der Waals surface area (Å²) in [4.78, 5) is 2.00. The number of nitriles is 1. The van der Waals surface area contributed by atoms with Crippen LogP contribution in [-0.4, -0.2) is 24.7 Å². The minimum atomic E-state index is 0.126. The third-order valence-corrected chi connectivity index (χ3v) is 3.45.